The summed E-state index contributed by atoms with van der Waals surface area (Å²) in [4.78, 5) is 15.5. The second-order valence-electron chi connectivity index (χ2n) is 13.4. The minimum atomic E-state index is 0.728. The van der Waals surface area contributed by atoms with Crippen molar-refractivity contribution in [2.24, 2.45) is 0 Å². The molecule has 3 nitrogen and oxygen atoms in total. The van der Waals surface area contributed by atoms with E-state index >= 15 is 0 Å². The van der Waals surface area contributed by atoms with Gasteiger partial charge in [-0.2, -0.15) is 0 Å². The van der Waals surface area contributed by atoms with E-state index in [0.29, 0.717) is 0 Å². The van der Waals surface area contributed by atoms with Crippen LogP contribution in [0.1, 0.15) is 37.8 Å². The van der Waals surface area contributed by atoms with Crippen molar-refractivity contribution in [3.8, 4) is 45.0 Å². The van der Waals surface area contributed by atoms with E-state index < -0.39 is 0 Å². The van der Waals surface area contributed by atoms with Gasteiger partial charge in [-0.05, 0) is 92.5 Å². The molecular formula is C50H39N3. The van der Waals surface area contributed by atoms with Crippen LogP contribution in [0, 0.1) is 0 Å². The minimum absolute atomic E-state index is 0.728. The molecule has 10 rings (SSSR count). The predicted octanol–water partition coefficient (Wildman–Crippen LogP) is 13.5. The number of aryl methyl sites for hydroxylation is 1. The molecule has 1 aliphatic rings. The number of fused-ring (bicyclic) bond motifs is 7. The lowest BCUT2D eigenvalue weighted by Gasteiger charge is -2.17. The van der Waals surface area contributed by atoms with Gasteiger partial charge in [0.05, 0.1) is 16.9 Å². The molecule has 0 fully saturated rings. The number of benzene rings is 7. The molecule has 3 heteroatoms. The number of allylic oxidation sites excluding steroid dienone is 1. The highest BCUT2D eigenvalue weighted by molar-refractivity contribution is 6.13. The topological polar surface area (TPSA) is 38.7 Å². The lowest BCUT2D eigenvalue weighted by Crippen LogP contribution is -2.00. The van der Waals surface area contributed by atoms with E-state index in [9.17, 15) is 0 Å². The molecule has 0 unspecified atom stereocenters. The standard InChI is InChI=1S/C48H33N3.C2H6/c1-2-18-39-36-16-6-4-12-34(36)28-43(41(39)19-3-1)46-30-45(32-25-23-31(24-26-32)38-22-10-14-33-15-11-27-49-47(33)38)50-48(51-46)44-29-35-13-5-7-17-37(35)40-20-8-9-21-42(40)44;1-2/h3-17,19-30H,1-2,18H2;1-2H3. The van der Waals surface area contributed by atoms with Crippen LogP contribution in [-0.2, 0) is 6.42 Å². The van der Waals surface area contributed by atoms with Gasteiger partial charge in [0, 0.05) is 33.8 Å². The van der Waals surface area contributed by atoms with Crippen molar-refractivity contribution in [1.82, 2.24) is 15.0 Å². The summed E-state index contributed by atoms with van der Waals surface area (Å²) >= 11 is 0. The summed E-state index contributed by atoms with van der Waals surface area (Å²) in [5.41, 5.74) is 11.0. The molecule has 0 bridgehead atoms. The fraction of sp³-hybridized carbons (Fsp3) is 0.100. The van der Waals surface area contributed by atoms with Crippen LogP contribution >= 0.6 is 0 Å². The van der Waals surface area contributed by atoms with Gasteiger partial charge in [-0.1, -0.05) is 147 Å². The summed E-state index contributed by atoms with van der Waals surface area (Å²) in [5.74, 6) is 0.728. The summed E-state index contributed by atoms with van der Waals surface area (Å²) in [6.07, 6.45) is 9.77. The first-order valence-electron chi connectivity index (χ1n) is 18.7. The monoisotopic (exact) mass is 681 g/mol. The maximum atomic E-state index is 5.45. The van der Waals surface area contributed by atoms with Gasteiger partial charge in [0.25, 0.3) is 0 Å². The van der Waals surface area contributed by atoms with Crippen molar-refractivity contribution in [3.63, 3.8) is 0 Å². The Balaban J connectivity index is 0.00000183. The SMILES string of the molecule is C1=Cc2c(-c3cc(-c4ccc(-c5cccc6cccnc56)cc4)nc(-c4cc5ccccc5c5ccccc45)n3)cc3ccccc3c2CCC1.CC. The molecule has 2 aromatic heterocycles. The normalized spacial score (nSPS) is 12.4. The first-order chi connectivity index (χ1) is 26.3. The Morgan fingerprint density at radius 3 is 1.96 bits per heavy atom. The minimum Gasteiger partial charge on any atom is -0.256 e. The lowest BCUT2D eigenvalue weighted by molar-refractivity contribution is 0.857. The average Bonchev–Trinajstić information content (AvgIpc) is 3.50. The maximum absolute atomic E-state index is 5.45. The third-order valence-electron chi connectivity index (χ3n) is 10.4. The summed E-state index contributed by atoms with van der Waals surface area (Å²) in [5, 5.41) is 8.47. The smallest absolute Gasteiger partial charge is 0.161 e. The van der Waals surface area contributed by atoms with Crippen LogP contribution in [0.25, 0.3) is 94.3 Å². The zero-order chi connectivity index (χ0) is 35.7. The van der Waals surface area contributed by atoms with Crippen LogP contribution in [0.3, 0.4) is 0 Å². The van der Waals surface area contributed by atoms with Crippen LogP contribution in [0.15, 0.2) is 158 Å². The van der Waals surface area contributed by atoms with Gasteiger partial charge >= 0.3 is 0 Å². The number of rotatable bonds is 4. The first-order valence-corrected chi connectivity index (χ1v) is 18.7. The zero-order valence-electron chi connectivity index (χ0n) is 30.1. The molecule has 254 valence electrons. The van der Waals surface area contributed by atoms with Crippen molar-refractivity contribution in [2.45, 2.75) is 33.1 Å². The van der Waals surface area contributed by atoms with E-state index in [1.165, 1.54) is 38.1 Å². The van der Waals surface area contributed by atoms with Crippen LogP contribution in [0.2, 0.25) is 0 Å². The Morgan fingerprint density at radius 1 is 0.491 bits per heavy atom. The van der Waals surface area contributed by atoms with E-state index in [-0.39, 0.29) is 0 Å². The van der Waals surface area contributed by atoms with E-state index in [4.69, 9.17) is 15.0 Å². The molecular weight excluding hydrogens is 643 g/mol. The Labute approximate surface area is 310 Å². The molecule has 0 saturated carbocycles. The van der Waals surface area contributed by atoms with E-state index in [2.05, 4.69) is 152 Å². The predicted molar refractivity (Wildman–Crippen MR) is 225 cm³/mol. The largest absolute Gasteiger partial charge is 0.256 e. The maximum Gasteiger partial charge on any atom is 0.161 e. The lowest BCUT2D eigenvalue weighted by atomic mass is 9.90. The van der Waals surface area contributed by atoms with Crippen molar-refractivity contribution < 1.29 is 0 Å². The van der Waals surface area contributed by atoms with Gasteiger partial charge in [0.2, 0.25) is 0 Å². The quantitative estimate of drug-likeness (QED) is 0.174. The van der Waals surface area contributed by atoms with Gasteiger partial charge in [-0.15, -0.1) is 0 Å². The Hall–Kier alpha value is -6.45. The summed E-state index contributed by atoms with van der Waals surface area (Å²) < 4.78 is 0. The fourth-order valence-electron chi connectivity index (χ4n) is 7.96. The second-order valence-corrected chi connectivity index (χ2v) is 13.4. The highest BCUT2D eigenvalue weighted by atomic mass is 14.9. The highest BCUT2D eigenvalue weighted by Gasteiger charge is 2.19. The van der Waals surface area contributed by atoms with Gasteiger partial charge in [-0.3, -0.25) is 4.98 Å². The first kappa shape index (κ1) is 32.5. The van der Waals surface area contributed by atoms with Crippen LogP contribution in [0.4, 0.5) is 0 Å². The molecule has 1 aliphatic carbocycles. The average molecular weight is 682 g/mol. The van der Waals surface area contributed by atoms with Crippen molar-refractivity contribution in [3.05, 3.63) is 169 Å². The number of pyridine rings is 1. The Kier molecular flexibility index (Phi) is 8.53. The Bertz CT molecular complexity index is 2830. The summed E-state index contributed by atoms with van der Waals surface area (Å²) in [6.45, 7) is 4.00. The van der Waals surface area contributed by atoms with E-state index in [1.54, 1.807) is 0 Å². The Morgan fingerprint density at radius 2 is 1.13 bits per heavy atom. The third-order valence-corrected chi connectivity index (χ3v) is 10.4. The molecule has 0 amide bonds. The van der Waals surface area contributed by atoms with Gasteiger partial charge in [0.15, 0.2) is 5.82 Å². The summed E-state index contributed by atoms with van der Waals surface area (Å²) in [7, 11) is 0. The molecule has 0 saturated heterocycles. The number of para-hydroxylation sites is 1. The number of hydrogen-bond acceptors (Lipinski definition) is 3. The third kappa shape index (κ3) is 5.85. The molecule has 2 heterocycles. The molecule has 0 atom stereocenters. The van der Waals surface area contributed by atoms with Crippen LogP contribution in [-0.4, -0.2) is 15.0 Å². The number of hydrogen-bond donors (Lipinski definition) is 0. The number of nitrogens with zero attached hydrogens (tertiary/aromatic N) is 3. The van der Waals surface area contributed by atoms with Gasteiger partial charge in [-0.25, -0.2) is 9.97 Å². The molecule has 0 N–H and O–H groups in total. The van der Waals surface area contributed by atoms with E-state index in [1.807, 2.05) is 26.1 Å². The molecule has 7 aromatic carbocycles. The van der Waals surface area contributed by atoms with Crippen molar-refractivity contribution in [1.29, 1.82) is 0 Å². The second kappa shape index (κ2) is 13.9. The zero-order valence-corrected chi connectivity index (χ0v) is 30.1. The van der Waals surface area contributed by atoms with Gasteiger partial charge < -0.3 is 0 Å². The van der Waals surface area contributed by atoms with Crippen LogP contribution < -0.4 is 0 Å². The van der Waals surface area contributed by atoms with Crippen molar-refractivity contribution in [2.75, 3.05) is 0 Å². The fourth-order valence-corrected chi connectivity index (χ4v) is 7.96. The molecule has 0 radical (unpaired) electrons. The number of aromatic nitrogens is 3. The molecule has 53 heavy (non-hydrogen) atoms. The van der Waals surface area contributed by atoms with Gasteiger partial charge in [0.1, 0.15) is 0 Å². The van der Waals surface area contributed by atoms with Crippen LogP contribution in [0.5, 0.6) is 0 Å². The van der Waals surface area contributed by atoms with E-state index in [0.717, 1.165) is 80.6 Å². The molecule has 9 aromatic rings. The molecule has 0 aliphatic heterocycles. The molecule has 0 spiro atoms. The summed E-state index contributed by atoms with van der Waals surface area (Å²) in [6, 6.07) is 52.0. The van der Waals surface area contributed by atoms with Crippen molar-refractivity contribution >= 4 is 49.3 Å². The highest BCUT2D eigenvalue weighted by Crippen LogP contribution is 2.40.